The summed E-state index contributed by atoms with van der Waals surface area (Å²) in [6.45, 7) is 4.15. The van der Waals surface area contributed by atoms with Gasteiger partial charge in [0.2, 0.25) is 5.91 Å². The number of amides is 1. The Kier molecular flexibility index (Phi) is 7.00. The normalized spacial score (nSPS) is 10.8. The van der Waals surface area contributed by atoms with E-state index in [0.29, 0.717) is 16.6 Å². The molecule has 0 fully saturated rings. The van der Waals surface area contributed by atoms with Crippen molar-refractivity contribution in [3.05, 3.63) is 28.2 Å². The Labute approximate surface area is 127 Å². The highest BCUT2D eigenvalue weighted by atomic mass is 35.5. The molecule has 6 heteroatoms. The molecule has 0 bridgehead atoms. The van der Waals surface area contributed by atoms with Crippen LogP contribution in [0.2, 0.25) is 10.0 Å². The number of hydrogen-bond acceptors (Lipinski definition) is 3. The van der Waals surface area contributed by atoms with Crippen LogP contribution in [-0.4, -0.2) is 40.9 Å². The molecule has 0 saturated heterocycles. The summed E-state index contributed by atoms with van der Waals surface area (Å²) in [6.07, 6.45) is 0. The molecule has 1 rings (SSSR count). The Morgan fingerprint density at radius 2 is 2.11 bits per heavy atom. The molecule has 3 nitrogen and oxygen atoms in total. The third-order valence-corrected chi connectivity index (χ3v) is 4.25. The van der Waals surface area contributed by atoms with Gasteiger partial charge in [0.1, 0.15) is 0 Å². The number of rotatable bonds is 6. The van der Waals surface area contributed by atoms with Gasteiger partial charge in [0, 0.05) is 22.5 Å². The highest BCUT2D eigenvalue weighted by molar-refractivity contribution is 8.00. The maximum atomic E-state index is 12.1. The van der Waals surface area contributed by atoms with Crippen molar-refractivity contribution < 1.29 is 9.90 Å². The molecule has 0 unspecified atom stereocenters. The maximum absolute atomic E-state index is 12.1. The molecule has 1 aromatic carbocycles. The van der Waals surface area contributed by atoms with Crippen molar-refractivity contribution in [2.45, 2.75) is 24.8 Å². The van der Waals surface area contributed by atoms with Gasteiger partial charge in [-0.05, 0) is 32.0 Å². The summed E-state index contributed by atoms with van der Waals surface area (Å²) in [5.74, 6) is 0.253. The highest BCUT2D eigenvalue weighted by Crippen LogP contribution is 2.30. The van der Waals surface area contributed by atoms with E-state index in [4.69, 9.17) is 28.3 Å². The third kappa shape index (κ3) is 5.22. The third-order valence-electron chi connectivity index (χ3n) is 2.53. The molecule has 106 valence electrons. The topological polar surface area (TPSA) is 40.5 Å². The van der Waals surface area contributed by atoms with E-state index in [2.05, 4.69) is 0 Å². The van der Waals surface area contributed by atoms with E-state index in [1.54, 1.807) is 23.1 Å². The van der Waals surface area contributed by atoms with Crippen LogP contribution in [0.25, 0.3) is 0 Å². The Morgan fingerprint density at radius 3 is 2.68 bits per heavy atom. The van der Waals surface area contributed by atoms with Gasteiger partial charge in [0.15, 0.2) is 0 Å². The van der Waals surface area contributed by atoms with Crippen LogP contribution in [0.3, 0.4) is 0 Å². The number of carbonyl (C=O) groups excluding carboxylic acids is 1. The van der Waals surface area contributed by atoms with Crippen molar-refractivity contribution in [1.82, 2.24) is 4.90 Å². The second kappa shape index (κ2) is 8.00. The summed E-state index contributed by atoms with van der Waals surface area (Å²) in [5.41, 5.74) is 0. The summed E-state index contributed by atoms with van der Waals surface area (Å²) in [4.78, 5) is 14.5. The van der Waals surface area contributed by atoms with E-state index >= 15 is 0 Å². The molecular formula is C13H17Cl2NO2S. The fraction of sp³-hybridized carbons (Fsp3) is 0.462. The quantitative estimate of drug-likeness (QED) is 0.817. The number of hydrogen-bond donors (Lipinski definition) is 1. The number of benzene rings is 1. The fourth-order valence-electron chi connectivity index (χ4n) is 1.59. The monoisotopic (exact) mass is 321 g/mol. The van der Waals surface area contributed by atoms with Crippen molar-refractivity contribution in [2.75, 3.05) is 18.9 Å². The van der Waals surface area contributed by atoms with Crippen LogP contribution >= 0.6 is 35.0 Å². The minimum Gasteiger partial charge on any atom is -0.395 e. The fourth-order valence-corrected chi connectivity index (χ4v) is 2.97. The number of thioether (sulfide) groups is 1. The molecule has 0 aliphatic carbocycles. The second-order valence-electron chi connectivity index (χ2n) is 4.27. The van der Waals surface area contributed by atoms with Crippen LogP contribution < -0.4 is 0 Å². The minimum absolute atomic E-state index is 0.0231. The van der Waals surface area contributed by atoms with E-state index in [9.17, 15) is 4.79 Å². The first kappa shape index (κ1) is 16.6. The van der Waals surface area contributed by atoms with Gasteiger partial charge in [-0.2, -0.15) is 0 Å². The lowest BCUT2D eigenvalue weighted by molar-refractivity contribution is -0.130. The van der Waals surface area contributed by atoms with Crippen molar-refractivity contribution in [1.29, 1.82) is 0 Å². The van der Waals surface area contributed by atoms with Gasteiger partial charge in [-0.15, -0.1) is 11.8 Å². The standard InChI is InChI=1S/C13H17Cl2NO2S/c1-9(2)16(5-6-17)13(18)8-19-12-7-10(14)3-4-11(12)15/h3-4,7,9,17H,5-6,8H2,1-2H3. The number of aliphatic hydroxyl groups excluding tert-OH is 1. The zero-order chi connectivity index (χ0) is 14.4. The average Bonchev–Trinajstić information content (AvgIpc) is 2.36. The van der Waals surface area contributed by atoms with Crippen LogP contribution in [0.1, 0.15) is 13.8 Å². The first-order valence-electron chi connectivity index (χ1n) is 5.94. The molecule has 0 aromatic heterocycles. The average molecular weight is 322 g/mol. The minimum atomic E-state index is -0.0352. The summed E-state index contributed by atoms with van der Waals surface area (Å²) >= 11 is 13.3. The zero-order valence-electron chi connectivity index (χ0n) is 10.9. The smallest absolute Gasteiger partial charge is 0.233 e. The molecule has 0 radical (unpaired) electrons. The van der Waals surface area contributed by atoms with E-state index in [0.717, 1.165) is 4.90 Å². The first-order chi connectivity index (χ1) is 8.95. The molecule has 1 aromatic rings. The molecule has 0 aliphatic heterocycles. The summed E-state index contributed by atoms with van der Waals surface area (Å²) in [6, 6.07) is 5.23. The number of halogens is 2. The lowest BCUT2D eigenvalue weighted by atomic mass is 10.3. The number of aliphatic hydroxyl groups is 1. The molecule has 0 aliphatic rings. The van der Waals surface area contributed by atoms with Gasteiger partial charge in [0.05, 0.1) is 17.4 Å². The van der Waals surface area contributed by atoms with Crippen molar-refractivity contribution in [2.24, 2.45) is 0 Å². The predicted molar refractivity (Wildman–Crippen MR) is 81.1 cm³/mol. The van der Waals surface area contributed by atoms with E-state index in [1.807, 2.05) is 13.8 Å². The Hall–Kier alpha value is -0.420. The van der Waals surface area contributed by atoms with Crippen molar-refractivity contribution in [3.63, 3.8) is 0 Å². The number of carbonyl (C=O) groups is 1. The van der Waals surface area contributed by atoms with Gasteiger partial charge < -0.3 is 10.0 Å². The van der Waals surface area contributed by atoms with Crippen LogP contribution in [-0.2, 0) is 4.79 Å². The van der Waals surface area contributed by atoms with Crippen LogP contribution in [0, 0.1) is 0 Å². The summed E-state index contributed by atoms with van der Waals surface area (Å²) in [7, 11) is 0. The SMILES string of the molecule is CC(C)N(CCO)C(=O)CSc1cc(Cl)ccc1Cl. The first-order valence-corrected chi connectivity index (χ1v) is 7.68. The molecule has 19 heavy (non-hydrogen) atoms. The van der Waals surface area contributed by atoms with Gasteiger partial charge in [-0.3, -0.25) is 4.79 Å². The molecule has 1 N–H and O–H groups in total. The lowest BCUT2D eigenvalue weighted by Crippen LogP contribution is -2.40. The van der Waals surface area contributed by atoms with Crippen LogP contribution in [0.5, 0.6) is 0 Å². The summed E-state index contributed by atoms with van der Waals surface area (Å²) in [5, 5.41) is 10.1. The molecule has 1 amide bonds. The van der Waals surface area contributed by atoms with E-state index in [-0.39, 0.29) is 24.3 Å². The highest BCUT2D eigenvalue weighted by Gasteiger charge is 2.16. The Morgan fingerprint density at radius 1 is 1.42 bits per heavy atom. The van der Waals surface area contributed by atoms with E-state index in [1.165, 1.54) is 11.8 Å². The van der Waals surface area contributed by atoms with Gasteiger partial charge >= 0.3 is 0 Å². The van der Waals surface area contributed by atoms with Crippen molar-refractivity contribution >= 4 is 40.9 Å². The summed E-state index contributed by atoms with van der Waals surface area (Å²) < 4.78 is 0. The molecule has 0 heterocycles. The molecule has 0 atom stereocenters. The second-order valence-corrected chi connectivity index (χ2v) is 6.13. The molecular weight excluding hydrogens is 305 g/mol. The molecule has 0 saturated carbocycles. The zero-order valence-corrected chi connectivity index (χ0v) is 13.2. The number of nitrogens with zero attached hydrogens (tertiary/aromatic N) is 1. The lowest BCUT2D eigenvalue weighted by Gasteiger charge is -2.25. The Balaban J connectivity index is 2.64. The van der Waals surface area contributed by atoms with Crippen LogP contribution in [0.15, 0.2) is 23.1 Å². The predicted octanol–water partition coefficient (Wildman–Crippen LogP) is 3.31. The largest absolute Gasteiger partial charge is 0.395 e. The van der Waals surface area contributed by atoms with Gasteiger partial charge in [-0.25, -0.2) is 0 Å². The molecule has 0 spiro atoms. The van der Waals surface area contributed by atoms with E-state index < -0.39 is 0 Å². The van der Waals surface area contributed by atoms with Gasteiger partial charge in [0.25, 0.3) is 0 Å². The van der Waals surface area contributed by atoms with Gasteiger partial charge in [-0.1, -0.05) is 23.2 Å². The maximum Gasteiger partial charge on any atom is 0.233 e. The van der Waals surface area contributed by atoms with Crippen molar-refractivity contribution in [3.8, 4) is 0 Å². The Bertz CT molecular complexity index is 441. The van der Waals surface area contributed by atoms with Crippen LogP contribution in [0.4, 0.5) is 0 Å².